The summed E-state index contributed by atoms with van der Waals surface area (Å²) in [7, 11) is 0. The molecule has 0 amide bonds. The second kappa shape index (κ2) is 4.89. The molecule has 0 radical (unpaired) electrons. The summed E-state index contributed by atoms with van der Waals surface area (Å²) < 4.78 is 18.4. The number of aliphatic carboxylic acids is 1. The summed E-state index contributed by atoms with van der Waals surface area (Å²) in [5, 5.41) is 8.66. The maximum absolute atomic E-state index is 13.4. The number of hydrogen-bond donors (Lipinski definition) is 2. The molecule has 3 N–H and O–H groups in total. The standard InChI is InChI=1S/C10H10FNO3S/c1-5(10(13)14)15-7-4-2-3-6(11)8(7)9(12)16/h2-5H,1H3,(H2,12,16)(H,13,14). The average Bonchev–Trinajstić information content (AvgIpc) is 2.16. The Bertz CT molecular complexity index is 436. The zero-order valence-electron chi connectivity index (χ0n) is 8.44. The van der Waals surface area contributed by atoms with E-state index >= 15 is 0 Å². The molecule has 16 heavy (non-hydrogen) atoms. The molecule has 0 spiro atoms. The number of rotatable bonds is 4. The van der Waals surface area contributed by atoms with Gasteiger partial charge < -0.3 is 15.6 Å². The molecule has 0 saturated carbocycles. The van der Waals surface area contributed by atoms with Gasteiger partial charge in [0.1, 0.15) is 16.6 Å². The van der Waals surface area contributed by atoms with Crippen LogP contribution in [-0.2, 0) is 4.79 Å². The summed E-state index contributed by atoms with van der Waals surface area (Å²) in [6, 6.07) is 3.98. The van der Waals surface area contributed by atoms with Gasteiger partial charge in [-0.05, 0) is 19.1 Å². The fourth-order valence-electron chi connectivity index (χ4n) is 1.08. The predicted molar refractivity (Wildman–Crippen MR) is 60.0 cm³/mol. The van der Waals surface area contributed by atoms with Gasteiger partial charge in [0.2, 0.25) is 0 Å². The highest BCUT2D eigenvalue weighted by Gasteiger charge is 2.18. The number of hydrogen-bond acceptors (Lipinski definition) is 3. The third-order valence-corrected chi connectivity index (χ3v) is 2.08. The van der Waals surface area contributed by atoms with Crippen LogP contribution in [0.4, 0.5) is 4.39 Å². The van der Waals surface area contributed by atoms with Crippen LogP contribution in [0.15, 0.2) is 18.2 Å². The molecule has 0 saturated heterocycles. The minimum Gasteiger partial charge on any atom is -0.479 e. The molecule has 1 unspecified atom stereocenters. The number of nitrogens with two attached hydrogens (primary N) is 1. The topological polar surface area (TPSA) is 72.5 Å². The van der Waals surface area contributed by atoms with Crippen LogP contribution in [0.1, 0.15) is 12.5 Å². The van der Waals surface area contributed by atoms with Crippen molar-refractivity contribution in [2.24, 2.45) is 5.73 Å². The van der Waals surface area contributed by atoms with Crippen LogP contribution < -0.4 is 10.5 Å². The van der Waals surface area contributed by atoms with Crippen molar-refractivity contribution in [3.05, 3.63) is 29.6 Å². The Morgan fingerprint density at radius 2 is 2.25 bits per heavy atom. The number of carboxylic acid groups (broad SMARTS) is 1. The van der Waals surface area contributed by atoms with Gasteiger partial charge in [-0.15, -0.1) is 0 Å². The van der Waals surface area contributed by atoms with E-state index in [9.17, 15) is 9.18 Å². The van der Waals surface area contributed by atoms with Crippen molar-refractivity contribution in [3.63, 3.8) is 0 Å². The first kappa shape index (κ1) is 12.4. The van der Waals surface area contributed by atoms with E-state index in [-0.39, 0.29) is 16.3 Å². The minimum atomic E-state index is -1.15. The summed E-state index contributed by atoms with van der Waals surface area (Å²) in [5.41, 5.74) is 5.25. The lowest BCUT2D eigenvalue weighted by molar-refractivity contribution is -0.144. The van der Waals surface area contributed by atoms with Crippen LogP contribution in [0, 0.1) is 5.82 Å². The van der Waals surface area contributed by atoms with Crippen molar-refractivity contribution in [3.8, 4) is 5.75 Å². The molecule has 6 heteroatoms. The first-order valence-corrected chi connectivity index (χ1v) is 4.82. The highest BCUT2D eigenvalue weighted by molar-refractivity contribution is 7.80. The molecular weight excluding hydrogens is 233 g/mol. The Labute approximate surface area is 96.8 Å². The molecule has 0 fully saturated rings. The van der Waals surface area contributed by atoms with Crippen molar-refractivity contribution in [2.75, 3.05) is 0 Å². The van der Waals surface area contributed by atoms with E-state index in [0.29, 0.717) is 0 Å². The Morgan fingerprint density at radius 3 is 2.75 bits per heavy atom. The Hall–Kier alpha value is -1.69. The summed E-state index contributed by atoms with van der Waals surface area (Å²) in [5.74, 6) is -1.76. The molecule has 1 rings (SSSR count). The van der Waals surface area contributed by atoms with Crippen LogP contribution in [0.25, 0.3) is 0 Å². The minimum absolute atomic E-state index is 0.0300. The Kier molecular flexibility index (Phi) is 3.78. The second-order valence-electron chi connectivity index (χ2n) is 3.08. The van der Waals surface area contributed by atoms with Crippen LogP contribution >= 0.6 is 12.2 Å². The third kappa shape index (κ3) is 2.66. The molecule has 0 aliphatic rings. The highest BCUT2D eigenvalue weighted by Crippen LogP contribution is 2.22. The van der Waals surface area contributed by atoms with E-state index in [1.54, 1.807) is 0 Å². The zero-order valence-corrected chi connectivity index (χ0v) is 9.25. The smallest absolute Gasteiger partial charge is 0.344 e. The molecule has 1 atom stereocenters. The fraction of sp³-hybridized carbons (Fsp3) is 0.200. The molecule has 1 aromatic rings. The molecule has 1 aromatic carbocycles. The normalized spacial score (nSPS) is 11.9. The van der Waals surface area contributed by atoms with Crippen molar-refractivity contribution in [1.29, 1.82) is 0 Å². The van der Waals surface area contributed by atoms with E-state index in [0.717, 1.165) is 0 Å². The quantitative estimate of drug-likeness (QED) is 0.780. The SMILES string of the molecule is CC(Oc1cccc(F)c1C(N)=S)C(=O)O. The first-order valence-electron chi connectivity index (χ1n) is 4.41. The van der Waals surface area contributed by atoms with Gasteiger partial charge in [-0.3, -0.25) is 0 Å². The third-order valence-electron chi connectivity index (χ3n) is 1.87. The Balaban J connectivity index is 3.09. The molecule has 4 nitrogen and oxygen atoms in total. The predicted octanol–water partition coefficient (Wildman–Crippen LogP) is 1.31. The van der Waals surface area contributed by atoms with Crippen molar-refractivity contribution >= 4 is 23.2 Å². The molecule has 86 valence electrons. The van der Waals surface area contributed by atoms with E-state index in [2.05, 4.69) is 12.2 Å². The van der Waals surface area contributed by atoms with Crippen LogP contribution in [0.3, 0.4) is 0 Å². The maximum Gasteiger partial charge on any atom is 0.344 e. The monoisotopic (exact) mass is 243 g/mol. The molecule has 0 bridgehead atoms. The van der Waals surface area contributed by atoms with Gasteiger partial charge in [0, 0.05) is 0 Å². The molecule has 0 aliphatic carbocycles. The lowest BCUT2D eigenvalue weighted by Crippen LogP contribution is -2.25. The van der Waals surface area contributed by atoms with E-state index < -0.39 is 17.9 Å². The average molecular weight is 243 g/mol. The van der Waals surface area contributed by atoms with E-state index in [1.807, 2.05) is 0 Å². The fourth-order valence-corrected chi connectivity index (χ4v) is 1.28. The number of ether oxygens (including phenoxy) is 1. The van der Waals surface area contributed by atoms with E-state index in [4.69, 9.17) is 15.6 Å². The largest absolute Gasteiger partial charge is 0.479 e. The lowest BCUT2D eigenvalue weighted by Gasteiger charge is -2.14. The van der Waals surface area contributed by atoms with Crippen LogP contribution in [0.5, 0.6) is 5.75 Å². The number of halogens is 1. The first-order chi connectivity index (χ1) is 7.43. The summed E-state index contributed by atoms with van der Waals surface area (Å²) >= 11 is 4.67. The molecule has 0 aliphatic heterocycles. The molecule has 0 heterocycles. The summed E-state index contributed by atoms with van der Waals surface area (Å²) in [6.45, 7) is 1.33. The maximum atomic E-state index is 13.4. The summed E-state index contributed by atoms with van der Waals surface area (Å²) in [6.07, 6.45) is -1.10. The van der Waals surface area contributed by atoms with Gasteiger partial charge in [0.25, 0.3) is 0 Å². The van der Waals surface area contributed by atoms with Gasteiger partial charge >= 0.3 is 5.97 Å². The number of benzene rings is 1. The van der Waals surface area contributed by atoms with Gasteiger partial charge in [-0.25, -0.2) is 9.18 Å². The molecular formula is C10H10FNO3S. The van der Waals surface area contributed by atoms with Crippen molar-refractivity contribution in [1.82, 2.24) is 0 Å². The number of carboxylic acids is 1. The van der Waals surface area contributed by atoms with Gasteiger partial charge in [-0.1, -0.05) is 18.3 Å². The lowest BCUT2D eigenvalue weighted by atomic mass is 10.2. The van der Waals surface area contributed by atoms with Gasteiger partial charge in [0.05, 0.1) is 5.56 Å². The van der Waals surface area contributed by atoms with Gasteiger partial charge in [0.15, 0.2) is 6.10 Å². The van der Waals surface area contributed by atoms with Crippen LogP contribution in [-0.4, -0.2) is 22.2 Å². The summed E-state index contributed by atoms with van der Waals surface area (Å²) in [4.78, 5) is 10.4. The van der Waals surface area contributed by atoms with Gasteiger partial charge in [-0.2, -0.15) is 0 Å². The number of thiocarbonyl (C=S) groups is 1. The van der Waals surface area contributed by atoms with Crippen molar-refractivity contribution in [2.45, 2.75) is 13.0 Å². The second-order valence-corrected chi connectivity index (χ2v) is 3.52. The Morgan fingerprint density at radius 1 is 1.62 bits per heavy atom. The molecule has 0 aromatic heterocycles. The van der Waals surface area contributed by atoms with Crippen molar-refractivity contribution < 1.29 is 19.0 Å². The van der Waals surface area contributed by atoms with E-state index in [1.165, 1.54) is 25.1 Å². The number of carbonyl (C=O) groups is 1. The highest BCUT2D eigenvalue weighted by atomic mass is 32.1. The zero-order chi connectivity index (χ0) is 12.3. The van der Waals surface area contributed by atoms with Crippen LogP contribution in [0.2, 0.25) is 0 Å².